The van der Waals surface area contributed by atoms with E-state index >= 15 is 0 Å². The van der Waals surface area contributed by atoms with Crippen molar-refractivity contribution in [2.24, 2.45) is 0 Å². The summed E-state index contributed by atoms with van der Waals surface area (Å²) in [5.74, 6) is 1.04. The van der Waals surface area contributed by atoms with Gasteiger partial charge in [0, 0.05) is 0 Å². The Morgan fingerprint density at radius 3 is 2.67 bits per heavy atom. The molecule has 18 heavy (non-hydrogen) atoms. The average Bonchev–Trinajstić information content (AvgIpc) is 2.39. The minimum Gasteiger partial charge on any atom is -0.484 e. The molecule has 1 aliphatic rings. The highest BCUT2D eigenvalue weighted by Crippen LogP contribution is 2.38. The van der Waals surface area contributed by atoms with E-state index in [1.165, 1.54) is 16.7 Å². The molecule has 0 amide bonds. The zero-order chi connectivity index (χ0) is 12.5. The summed E-state index contributed by atoms with van der Waals surface area (Å²) in [4.78, 5) is 0. The topological polar surface area (TPSA) is 9.23 Å². The Kier molecular flexibility index (Phi) is 3.29. The quantitative estimate of drug-likeness (QED) is 0.545. The first kappa shape index (κ1) is 12.0. The van der Waals surface area contributed by atoms with Gasteiger partial charge in [0.05, 0.1) is 3.92 Å². The van der Waals surface area contributed by atoms with Crippen LogP contribution in [0.5, 0.6) is 5.75 Å². The number of fused-ring (bicyclic) bond motifs is 1. The summed E-state index contributed by atoms with van der Waals surface area (Å²) >= 11 is 2.51. The van der Waals surface area contributed by atoms with Gasteiger partial charge in [-0.1, -0.05) is 70.6 Å². The standard InChI is InChI=1S/C16H15IO/c1-11-7-8-15-13(9-11)10-14(17)16(18-15)12-5-3-2-4-6-12/h2-9,14,16H,10H2,1H3. The smallest absolute Gasteiger partial charge is 0.136 e. The lowest BCUT2D eigenvalue weighted by molar-refractivity contribution is 0.188. The first-order valence-corrected chi connectivity index (χ1v) is 7.44. The van der Waals surface area contributed by atoms with Crippen LogP contribution in [-0.4, -0.2) is 3.92 Å². The number of rotatable bonds is 1. The van der Waals surface area contributed by atoms with Crippen LogP contribution in [0.4, 0.5) is 0 Å². The minimum atomic E-state index is 0.169. The van der Waals surface area contributed by atoms with Crippen molar-refractivity contribution in [3.63, 3.8) is 0 Å². The predicted molar refractivity (Wildman–Crippen MR) is 82.5 cm³/mol. The summed E-state index contributed by atoms with van der Waals surface area (Å²) in [7, 11) is 0. The zero-order valence-electron chi connectivity index (χ0n) is 10.3. The largest absolute Gasteiger partial charge is 0.484 e. The van der Waals surface area contributed by atoms with E-state index < -0.39 is 0 Å². The van der Waals surface area contributed by atoms with Crippen LogP contribution in [0.2, 0.25) is 0 Å². The summed E-state index contributed by atoms with van der Waals surface area (Å²) in [5.41, 5.74) is 3.91. The summed E-state index contributed by atoms with van der Waals surface area (Å²) in [6, 6.07) is 17.0. The van der Waals surface area contributed by atoms with Crippen molar-refractivity contribution in [1.82, 2.24) is 0 Å². The van der Waals surface area contributed by atoms with Gasteiger partial charge in [0.15, 0.2) is 0 Å². The SMILES string of the molecule is Cc1ccc2c(c1)CC(I)C(c1ccccc1)O2. The molecule has 0 radical (unpaired) electrons. The molecule has 1 nitrogen and oxygen atoms in total. The monoisotopic (exact) mass is 350 g/mol. The molecule has 2 heteroatoms. The molecule has 3 rings (SSSR count). The average molecular weight is 350 g/mol. The van der Waals surface area contributed by atoms with Crippen LogP contribution in [0.3, 0.4) is 0 Å². The Hall–Kier alpha value is -1.03. The molecule has 2 unspecified atom stereocenters. The third kappa shape index (κ3) is 2.26. The molecule has 0 saturated carbocycles. The highest BCUT2D eigenvalue weighted by Gasteiger charge is 2.29. The molecule has 0 N–H and O–H groups in total. The van der Waals surface area contributed by atoms with Gasteiger partial charge in [0.1, 0.15) is 11.9 Å². The Bertz CT molecular complexity index is 550. The Labute approximate surface area is 121 Å². The summed E-state index contributed by atoms with van der Waals surface area (Å²) in [6.45, 7) is 2.13. The maximum absolute atomic E-state index is 6.18. The molecule has 0 aromatic heterocycles. The lowest BCUT2D eigenvalue weighted by atomic mass is 9.96. The number of benzene rings is 2. The highest BCUT2D eigenvalue weighted by atomic mass is 127. The summed E-state index contributed by atoms with van der Waals surface area (Å²) in [6.07, 6.45) is 1.25. The Balaban J connectivity index is 1.95. The van der Waals surface area contributed by atoms with Crippen LogP contribution in [0.15, 0.2) is 48.5 Å². The second-order valence-corrected chi connectivity index (χ2v) is 6.38. The number of ether oxygens (including phenoxy) is 1. The fraction of sp³-hybridized carbons (Fsp3) is 0.250. The van der Waals surface area contributed by atoms with E-state index in [1.807, 2.05) is 6.07 Å². The number of alkyl halides is 1. The number of hydrogen-bond acceptors (Lipinski definition) is 1. The van der Waals surface area contributed by atoms with Crippen molar-refractivity contribution in [2.75, 3.05) is 0 Å². The van der Waals surface area contributed by atoms with E-state index in [2.05, 4.69) is 72.0 Å². The van der Waals surface area contributed by atoms with E-state index in [9.17, 15) is 0 Å². The van der Waals surface area contributed by atoms with E-state index in [0.717, 1.165) is 12.2 Å². The third-order valence-corrected chi connectivity index (χ3v) is 4.44. The van der Waals surface area contributed by atoms with Crippen LogP contribution >= 0.6 is 22.6 Å². The lowest BCUT2D eigenvalue weighted by Crippen LogP contribution is -2.25. The fourth-order valence-electron chi connectivity index (χ4n) is 2.43. The maximum Gasteiger partial charge on any atom is 0.136 e. The zero-order valence-corrected chi connectivity index (χ0v) is 12.4. The van der Waals surface area contributed by atoms with Crippen LogP contribution in [-0.2, 0) is 6.42 Å². The predicted octanol–water partition coefficient (Wildman–Crippen LogP) is 4.47. The molecule has 0 spiro atoms. The van der Waals surface area contributed by atoms with Gasteiger partial charge >= 0.3 is 0 Å². The Morgan fingerprint density at radius 2 is 1.89 bits per heavy atom. The summed E-state index contributed by atoms with van der Waals surface area (Å²) < 4.78 is 6.66. The van der Waals surface area contributed by atoms with Gasteiger partial charge in [-0.25, -0.2) is 0 Å². The van der Waals surface area contributed by atoms with Gasteiger partial charge in [0.2, 0.25) is 0 Å². The van der Waals surface area contributed by atoms with Gasteiger partial charge in [-0.05, 0) is 30.5 Å². The van der Waals surface area contributed by atoms with Gasteiger partial charge in [0.25, 0.3) is 0 Å². The molecule has 0 fully saturated rings. The van der Waals surface area contributed by atoms with Crippen LogP contribution in [0, 0.1) is 6.92 Å². The van der Waals surface area contributed by atoms with Crippen LogP contribution in [0.1, 0.15) is 22.8 Å². The molecule has 1 aliphatic heterocycles. The highest BCUT2D eigenvalue weighted by molar-refractivity contribution is 14.1. The number of halogens is 1. The van der Waals surface area contributed by atoms with E-state index in [1.54, 1.807) is 0 Å². The van der Waals surface area contributed by atoms with E-state index in [0.29, 0.717) is 3.92 Å². The molecule has 2 aromatic rings. The molecular formula is C16H15IO. The molecular weight excluding hydrogens is 335 g/mol. The van der Waals surface area contributed by atoms with E-state index in [-0.39, 0.29) is 6.10 Å². The normalized spacial score (nSPS) is 22.1. The van der Waals surface area contributed by atoms with Crippen molar-refractivity contribution in [1.29, 1.82) is 0 Å². The molecule has 0 aliphatic carbocycles. The molecule has 0 bridgehead atoms. The van der Waals surface area contributed by atoms with Crippen molar-refractivity contribution in [3.05, 3.63) is 65.2 Å². The molecule has 1 heterocycles. The maximum atomic E-state index is 6.18. The van der Waals surface area contributed by atoms with Crippen LogP contribution < -0.4 is 4.74 Å². The Morgan fingerprint density at radius 1 is 1.11 bits per heavy atom. The van der Waals surface area contributed by atoms with Gasteiger partial charge in [-0.3, -0.25) is 0 Å². The molecule has 2 aromatic carbocycles. The van der Waals surface area contributed by atoms with Crippen molar-refractivity contribution in [2.45, 2.75) is 23.4 Å². The van der Waals surface area contributed by atoms with Gasteiger partial charge < -0.3 is 4.74 Å². The molecule has 2 atom stereocenters. The fourth-order valence-corrected chi connectivity index (χ4v) is 3.47. The van der Waals surface area contributed by atoms with Gasteiger partial charge in [-0.2, -0.15) is 0 Å². The lowest BCUT2D eigenvalue weighted by Gasteiger charge is -2.31. The van der Waals surface area contributed by atoms with Crippen LogP contribution in [0.25, 0.3) is 0 Å². The van der Waals surface area contributed by atoms with Crippen molar-refractivity contribution >= 4 is 22.6 Å². The first-order valence-electron chi connectivity index (χ1n) is 6.19. The van der Waals surface area contributed by atoms with Crippen molar-refractivity contribution in [3.8, 4) is 5.75 Å². The minimum absolute atomic E-state index is 0.169. The molecule has 0 saturated heterocycles. The second-order valence-electron chi connectivity index (χ2n) is 4.78. The van der Waals surface area contributed by atoms with Gasteiger partial charge in [-0.15, -0.1) is 0 Å². The van der Waals surface area contributed by atoms with Crippen molar-refractivity contribution < 1.29 is 4.74 Å². The third-order valence-electron chi connectivity index (χ3n) is 3.34. The van der Waals surface area contributed by atoms with E-state index in [4.69, 9.17) is 4.74 Å². The molecule has 92 valence electrons. The first-order chi connectivity index (χ1) is 8.74. The summed E-state index contributed by atoms with van der Waals surface area (Å²) in [5, 5.41) is 0. The number of hydrogen-bond donors (Lipinski definition) is 0. The number of aryl methyl sites for hydroxylation is 1. The second kappa shape index (κ2) is 4.92.